The van der Waals surface area contributed by atoms with E-state index < -0.39 is 0 Å². The minimum Gasteiger partial charge on any atom is -0.354 e. The van der Waals surface area contributed by atoms with Crippen molar-refractivity contribution in [3.63, 3.8) is 0 Å². The van der Waals surface area contributed by atoms with Crippen molar-refractivity contribution in [1.82, 2.24) is 20.2 Å². The van der Waals surface area contributed by atoms with E-state index in [1.54, 1.807) is 6.92 Å². The van der Waals surface area contributed by atoms with Crippen LogP contribution in [0.25, 0.3) is 0 Å². The predicted molar refractivity (Wildman–Crippen MR) is 75.1 cm³/mol. The number of aromatic amines is 1. The number of aromatic nitrogens is 2. The summed E-state index contributed by atoms with van der Waals surface area (Å²) >= 11 is 0. The topological polar surface area (TPSA) is 95.2 Å². The summed E-state index contributed by atoms with van der Waals surface area (Å²) in [5, 5.41) is 2.71. The van der Waals surface area contributed by atoms with Gasteiger partial charge in [-0.25, -0.2) is 4.98 Å². The molecule has 1 aliphatic carbocycles. The maximum absolute atomic E-state index is 12.5. The molecule has 0 atom stereocenters. The monoisotopic (exact) mass is 290 g/mol. The maximum Gasteiger partial charge on any atom is 0.264 e. The molecule has 1 saturated heterocycles. The van der Waals surface area contributed by atoms with E-state index in [9.17, 15) is 14.4 Å². The van der Waals surface area contributed by atoms with Gasteiger partial charge in [-0.3, -0.25) is 14.4 Å². The van der Waals surface area contributed by atoms with Crippen LogP contribution in [0.1, 0.15) is 47.1 Å². The molecule has 1 aromatic heterocycles. The summed E-state index contributed by atoms with van der Waals surface area (Å²) in [5.74, 6) is 0.598. The second kappa shape index (κ2) is 5.31. The van der Waals surface area contributed by atoms with Crippen LogP contribution >= 0.6 is 0 Å². The van der Waals surface area contributed by atoms with Gasteiger partial charge in [-0.15, -0.1) is 0 Å². The standard InChI is InChI=1S/C14H18N4O3/c1-8-11(13(20)17-12(16-8)9-2-3-9)14(21)18-6-4-10(19)15-5-7-18/h9H,2-7H2,1H3,(H,15,19)(H,16,17,20). The number of carbonyl (C=O) groups is 2. The largest absolute Gasteiger partial charge is 0.354 e. The van der Waals surface area contributed by atoms with Crippen LogP contribution < -0.4 is 10.9 Å². The average Bonchev–Trinajstić information content (AvgIpc) is 3.24. The molecule has 0 unspecified atom stereocenters. The van der Waals surface area contributed by atoms with Crippen molar-refractivity contribution in [3.05, 3.63) is 27.4 Å². The molecule has 0 bridgehead atoms. The third-order valence-corrected chi connectivity index (χ3v) is 3.90. The molecule has 0 aromatic carbocycles. The van der Waals surface area contributed by atoms with Crippen LogP contribution in [0.4, 0.5) is 0 Å². The zero-order valence-corrected chi connectivity index (χ0v) is 11.9. The molecule has 2 amide bonds. The van der Waals surface area contributed by atoms with Gasteiger partial charge in [0, 0.05) is 32.0 Å². The van der Waals surface area contributed by atoms with Crippen LogP contribution in [0, 0.1) is 6.92 Å². The van der Waals surface area contributed by atoms with E-state index in [1.165, 1.54) is 4.90 Å². The van der Waals surface area contributed by atoms with Gasteiger partial charge in [0.25, 0.3) is 11.5 Å². The summed E-state index contributed by atoms with van der Waals surface area (Å²) in [7, 11) is 0. The Balaban J connectivity index is 1.87. The Hall–Kier alpha value is -2.18. The molecule has 21 heavy (non-hydrogen) atoms. The molecule has 2 heterocycles. The molecule has 112 valence electrons. The normalized spacial score (nSPS) is 19.1. The second-order valence-corrected chi connectivity index (χ2v) is 5.58. The quantitative estimate of drug-likeness (QED) is 0.796. The zero-order valence-electron chi connectivity index (χ0n) is 11.9. The first kappa shape index (κ1) is 13.8. The first-order valence-corrected chi connectivity index (χ1v) is 7.23. The molecular formula is C14H18N4O3. The number of nitrogens with one attached hydrogen (secondary N) is 2. The number of hydrogen-bond donors (Lipinski definition) is 2. The highest BCUT2D eigenvalue weighted by atomic mass is 16.2. The van der Waals surface area contributed by atoms with E-state index in [0.29, 0.717) is 37.1 Å². The lowest BCUT2D eigenvalue weighted by Crippen LogP contribution is -2.38. The molecule has 7 nitrogen and oxygen atoms in total. The van der Waals surface area contributed by atoms with Gasteiger partial charge in [-0.05, 0) is 19.8 Å². The van der Waals surface area contributed by atoms with Crippen molar-refractivity contribution < 1.29 is 9.59 Å². The molecule has 1 saturated carbocycles. The lowest BCUT2D eigenvalue weighted by atomic mass is 10.2. The van der Waals surface area contributed by atoms with Gasteiger partial charge in [0.05, 0.1) is 5.69 Å². The van der Waals surface area contributed by atoms with Gasteiger partial charge >= 0.3 is 0 Å². The van der Waals surface area contributed by atoms with Crippen LogP contribution in [-0.4, -0.2) is 46.3 Å². The molecule has 2 fully saturated rings. The van der Waals surface area contributed by atoms with E-state index in [4.69, 9.17) is 0 Å². The number of carbonyl (C=O) groups excluding carboxylic acids is 2. The zero-order chi connectivity index (χ0) is 15.0. The Morgan fingerprint density at radius 2 is 2.05 bits per heavy atom. The van der Waals surface area contributed by atoms with Gasteiger partial charge in [-0.1, -0.05) is 0 Å². The molecule has 7 heteroatoms. The number of hydrogen-bond acceptors (Lipinski definition) is 4. The van der Waals surface area contributed by atoms with Crippen molar-refractivity contribution in [2.24, 2.45) is 0 Å². The van der Waals surface area contributed by atoms with E-state index >= 15 is 0 Å². The number of H-pyrrole nitrogens is 1. The van der Waals surface area contributed by atoms with Crippen LogP contribution in [0.2, 0.25) is 0 Å². The lowest BCUT2D eigenvalue weighted by molar-refractivity contribution is -0.120. The van der Waals surface area contributed by atoms with E-state index in [0.717, 1.165) is 12.8 Å². The van der Waals surface area contributed by atoms with Crippen molar-refractivity contribution in [2.45, 2.75) is 32.1 Å². The number of aryl methyl sites for hydroxylation is 1. The minimum absolute atomic E-state index is 0.0712. The van der Waals surface area contributed by atoms with E-state index in [-0.39, 0.29) is 29.4 Å². The summed E-state index contributed by atoms with van der Waals surface area (Å²) < 4.78 is 0. The molecule has 1 aliphatic heterocycles. The lowest BCUT2D eigenvalue weighted by Gasteiger charge is -2.19. The number of nitrogens with zero attached hydrogens (tertiary/aromatic N) is 2. The first-order valence-electron chi connectivity index (χ1n) is 7.23. The maximum atomic E-state index is 12.5. The average molecular weight is 290 g/mol. The fourth-order valence-electron chi connectivity index (χ4n) is 2.54. The first-order chi connectivity index (χ1) is 10.1. The van der Waals surface area contributed by atoms with Crippen LogP contribution in [-0.2, 0) is 4.79 Å². The smallest absolute Gasteiger partial charge is 0.264 e. The molecule has 0 spiro atoms. The third kappa shape index (κ3) is 2.81. The SMILES string of the molecule is Cc1nc(C2CC2)[nH]c(=O)c1C(=O)N1CCNC(=O)CC1. The van der Waals surface area contributed by atoms with Gasteiger partial charge in [0.1, 0.15) is 11.4 Å². The summed E-state index contributed by atoms with van der Waals surface area (Å²) in [6.45, 7) is 2.84. The van der Waals surface area contributed by atoms with Gasteiger partial charge in [0.15, 0.2) is 0 Å². The minimum atomic E-state index is -0.377. The summed E-state index contributed by atoms with van der Waals surface area (Å²) in [5.41, 5.74) is 0.181. The molecule has 2 N–H and O–H groups in total. The number of amides is 2. The van der Waals surface area contributed by atoms with Crippen LogP contribution in [0.15, 0.2) is 4.79 Å². The van der Waals surface area contributed by atoms with Crippen molar-refractivity contribution >= 4 is 11.8 Å². The fraction of sp³-hybridized carbons (Fsp3) is 0.571. The Bertz CT molecular complexity index is 648. The highest BCUT2D eigenvalue weighted by molar-refractivity contribution is 5.95. The summed E-state index contributed by atoms with van der Waals surface area (Å²) in [6, 6.07) is 0. The number of rotatable bonds is 2. The van der Waals surface area contributed by atoms with Gasteiger partial charge in [-0.2, -0.15) is 0 Å². The molecular weight excluding hydrogens is 272 g/mol. The van der Waals surface area contributed by atoms with Gasteiger partial charge < -0.3 is 15.2 Å². The van der Waals surface area contributed by atoms with Gasteiger partial charge in [0.2, 0.25) is 5.91 Å². The Morgan fingerprint density at radius 1 is 1.29 bits per heavy atom. The predicted octanol–water partition coefficient (Wildman–Crippen LogP) is -0.0822. The molecule has 2 aliphatic rings. The van der Waals surface area contributed by atoms with Crippen molar-refractivity contribution in [2.75, 3.05) is 19.6 Å². The van der Waals surface area contributed by atoms with Crippen LogP contribution in [0.3, 0.4) is 0 Å². The van der Waals surface area contributed by atoms with Crippen molar-refractivity contribution in [3.8, 4) is 0 Å². The Kier molecular flexibility index (Phi) is 3.48. The fourth-order valence-corrected chi connectivity index (χ4v) is 2.54. The second-order valence-electron chi connectivity index (χ2n) is 5.58. The molecule has 1 aromatic rings. The highest BCUT2D eigenvalue weighted by Gasteiger charge is 2.29. The van der Waals surface area contributed by atoms with Crippen LogP contribution in [0.5, 0.6) is 0 Å². The van der Waals surface area contributed by atoms with E-state index in [2.05, 4.69) is 15.3 Å². The molecule has 3 rings (SSSR count). The Labute approximate surface area is 121 Å². The van der Waals surface area contributed by atoms with Crippen molar-refractivity contribution in [1.29, 1.82) is 0 Å². The third-order valence-electron chi connectivity index (χ3n) is 3.90. The highest BCUT2D eigenvalue weighted by Crippen LogP contribution is 2.37. The van der Waals surface area contributed by atoms with E-state index in [1.807, 2.05) is 0 Å². The summed E-state index contributed by atoms with van der Waals surface area (Å²) in [4.78, 5) is 44.7. The summed E-state index contributed by atoms with van der Waals surface area (Å²) in [6.07, 6.45) is 2.33. The Morgan fingerprint density at radius 3 is 2.71 bits per heavy atom. The molecule has 0 radical (unpaired) electrons.